The average Bonchev–Trinajstić information content (AvgIpc) is 2.94. The number of rotatable bonds is 5. The monoisotopic (exact) mass is 337 g/mol. The highest BCUT2D eigenvalue weighted by Crippen LogP contribution is 2.22. The van der Waals surface area contributed by atoms with Crippen molar-refractivity contribution < 1.29 is 9.90 Å². The van der Waals surface area contributed by atoms with Crippen LogP contribution in [-0.2, 0) is 17.9 Å². The number of aliphatic hydroxyl groups is 1. The number of aliphatic hydroxyl groups excluding tert-OH is 1. The number of nitrogens with zero attached hydrogens (tertiary/aromatic N) is 3. The molecule has 0 fully saturated rings. The second-order valence-electron chi connectivity index (χ2n) is 6.17. The van der Waals surface area contributed by atoms with Crippen LogP contribution in [-0.4, -0.2) is 27.1 Å². The Balaban J connectivity index is 1.99. The third-order valence-corrected chi connectivity index (χ3v) is 4.56. The van der Waals surface area contributed by atoms with Gasteiger partial charge in [-0.3, -0.25) is 4.79 Å². The fourth-order valence-corrected chi connectivity index (χ4v) is 3.06. The Morgan fingerprint density at radius 3 is 2.48 bits per heavy atom. The molecule has 0 spiro atoms. The lowest BCUT2D eigenvalue weighted by Gasteiger charge is -2.22. The zero-order valence-corrected chi connectivity index (χ0v) is 14.9. The van der Waals surface area contributed by atoms with Gasteiger partial charge in [0.15, 0.2) is 0 Å². The Hall–Kier alpha value is -2.66. The van der Waals surface area contributed by atoms with Gasteiger partial charge in [-0.05, 0) is 56.2 Å². The molecule has 0 saturated heterocycles. The van der Waals surface area contributed by atoms with Gasteiger partial charge in [-0.1, -0.05) is 18.2 Å². The molecule has 3 rings (SSSR count). The van der Waals surface area contributed by atoms with E-state index in [1.165, 1.54) is 0 Å². The third-order valence-electron chi connectivity index (χ3n) is 4.56. The highest BCUT2D eigenvalue weighted by atomic mass is 16.3. The highest BCUT2D eigenvalue weighted by Gasteiger charge is 2.18. The topological polar surface area (TPSA) is 58.4 Å². The van der Waals surface area contributed by atoms with E-state index in [9.17, 15) is 9.90 Å². The molecule has 2 aromatic carbocycles. The van der Waals surface area contributed by atoms with Crippen molar-refractivity contribution in [2.24, 2.45) is 0 Å². The Morgan fingerprint density at radius 1 is 1.16 bits per heavy atom. The van der Waals surface area contributed by atoms with Crippen LogP contribution < -0.4 is 4.90 Å². The zero-order valence-electron chi connectivity index (χ0n) is 14.9. The van der Waals surface area contributed by atoms with Gasteiger partial charge in [-0.15, -0.1) is 0 Å². The third kappa shape index (κ3) is 3.28. The Bertz CT molecular complexity index is 900. The second kappa shape index (κ2) is 7.07. The summed E-state index contributed by atoms with van der Waals surface area (Å²) < 4.78 is 1.82. The average molecular weight is 337 g/mol. The summed E-state index contributed by atoms with van der Waals surface area (Å²) in [5.41, 5.74) is 4.85. The number of likely N-dealkylation sites (N-methyl/N-ethyl adjacent to an activating group) is 1. The molecule has 1 amide bonds. The van der Waals surface area contributed by atoms with E-state index in [0.29, 0.717) is 12.4 Å². The van der Waals surface area contributed by atoms with Crippen molar-refractivity contribution in [1.29, 1.82) is 0 Å². The van der Waals surface area contributed by atoms with E-state index in [1.807, 2.05) is 67.8 Å². The number of aryl methyl sites for hydroxylation is 2. The fourth-order valence-electron chi connectivity index (χ4n) is 3.06. The van der Waals surface area contributed by atoms with E-state index >= 15 is 0 Å². The molecule has 5 heteroatoms. The maximum atomic E-state index is 12.9. The van der Waals surface area contributed by atoms with Crippen molar-refractivity contribution in [2.75, 3.05) is 11.4 Å². The van der Waals surface area contributed by atoms with E-state index < -0.39 is 0 Å². The molecular formula is C20H23N3O2. The zero-order chi connectivity index (χ0) is 18.0. The molecule has 130 valence electrons. The van der Waals surface area contributed by atoms with Crippen molar-refractivity contribution in [1.82, 2.24) is 9.55 Å². The highest BCUT2D eigenvalue weighted by molar-refractivity contribution is 5.94. The first-order chi connectivity index (χ1) is 12.0. The van der Waals surface area contributed by atoms with Gasteiger partial charge < -0.3 is 14.6 Å². The molecule has 3 aromatic rings. The molecule has 5 nitrogen and oxygen atoms in total. The first-order valence-electron chi connectivity index (χ1n) is 8.47. The molecule has 0 unspecified atom stereocenters. The number of aromatic nitrogens is 2. The van der Waals surface area contributed by atoms with Crippen LogP contribution in [0.2, 0.25) is 0 Å². The summed E-state index contributed by atoms with van der Waals surface area (Å²) in [4.78, 5) is 19.1. The maximum Gasteiger partial charge on any atom is 0.246 e. The van der Waals surface area contributed by atoms with E-state index in [0.717, 1.165) is 27.8 Å². The fraction of sp³-hybridized carbons (Fsp3) is 0.300. The van der Waals surface area contributed by atoms with Crippen molar-refractivity contribution in [2.45, 2.75) is 33.9 Å². The van der Waals surface area contributed by atoms with Gasteiger partial charge >= 0.3 is 0 Å². The van der Waals surface area contributed by atoms with Gasteiger partial charge in [-0.2, -0.15) is 0 Å². The maximum absolute atomic E-state index is 12.9. The van der Waals surface area contributed by atoms with E-state index in [2.05, 4.69) is 4.98 Å². The number of amides is 1. The van der Waals surface area contributed by atoms with Gasteiger partial charge in [0.05, 0.1) is 11.0 Å². The Morgan fingerprint density at radius 2 is 1.84 bits per heavy atom. The number of fused-ring (bicyclic) bond motifs is 1. The smallest absolute Gasteiger partial charge is 0.246 e. The first kappa shape index (κ1) is 17.2. The number of imidazole rings is 1. The molecule has 0 atom stereocenters. The van der Waals surface area contributed by atoms with Gasteiger partial charge in [0.2, 0.25) is 5.91 Å². The van der Waals surface area contributed by atoms with Crippen LogP contribution in [0.25, 0.3) is 11.0 Å². The molecule has 1 heterocycles. The lowest BCUT2D eigenvalue weighted by Crippen LogP contribution is -2.34. The minimum Gasteiger partial charge on any atom is -0.388 e. The van der Waals surface area contributed by atoms with Crippen LogP contribution in [0.15, 0.2) is 42.5 Å². The minimum atomic E-state index is -0.197. The van der Waals surface area contributed by atoms with Crippen LogP contribution in [0.5, 0.6) is 0 Å². The minimum absolute atomic E-state index is 0.0269. The predicted octanol–water partition coefficient (Wildman–Crippen LogP) is 3.20. The largest absolute Gasteiger partial charge is 0.388 e. The molecular weight excluding hydrogens is 314 g/mol. The summed E-state index contributed by atoms with van der Waals surface area (Å²) in [6, 6.07) is 13.6. The van der Waals surface area contributed by atoms with Gasteiger partial charge in [-0.25, -0.2) is 4.98 Å². The quantitative estimate of drug-likeness (QED) is 0.778. The summed E-state index contributed by atoms with van der Waals surface area (Å²) in [6.07, 6.45) is 0. The van der Waals surface area contributed by atoms with Crippen LogP contribution in [0, 0.1) is 13.8 Å². The lowest BCUT2D eigenvalue weighted by molar-refractivity contribution is -0.119. The van der Waals surface area contributed by atoms with Gasteiger partial charge in [0.1, 0.15) is 19.0 Å². The van der Waals surface area contributed by atoms with E-state index in [1.54, 1.807) is 4.90 Å². The summed E-state index contributed by atoms with van der Waals surface area (Å²) in [6.45, 7) is 6.56. The number of hydrogen-bond acceptors (Lipinski definition) is 3. The van der Waals surface area contributed by atoms with E-state index in [4.69, 9.17) is 0 Å². The summed E-state index contributed by atoms with van der Waals surface area (Å²) in [5, 5.41) is 9.68. The lowest BCUT2D eigenvalue weighted by atomic mass is 10.1. The number of benzene rings is 2. The number of carbonyl (C=O) groups is 1. The predicted molar refractivity (Wildman–Crippen MR) is 99.6 cm³/mol. The number of hydrogen-bond donors (Lipinski definition) is 1. The number of carbonyl (C=O) groups excluding carboxylic acids is 1. The molecule has 0 radical (unpaired) electrons. The van der Waals surface area contributed by atoms with Gasteiger partial charge in [0, 0.05) is 12.2 Å². The van der Waals surface area contributed by atoms with Crippen molar-refractivity contribution in [3.05, 3.63) is 59.4 Å². The SMILES string of the molecule is CCN(C(=O)Cn1c(CO)nc2cc(C)c(C)cc21)c1ccccc1. The van der Waals surface area contributed by atoms with Crippen molar-refractivity contribution in [3.63, 3.8) is 0 Å². The van der Waals surface area contributed by atoms with Crippen LogP contribution in [0.1, 0.15) is 23.9 Å². The van der Waals surface area contributed by atoms with Crippen molar-refractivity contribution in [3.8, 4) is 0 Å². The van der Waals surface area contributed by atoms with Crippen molar-refractivity contribution >= 4 is 22.6 Å². The molecule has 0 bridgehead atoms. The molecule has 1 aromatic heterocycles. The standard InChI is InChI=1S/C20H23N3O2/c1-4-22(16-8-6-5-7-9-16)20(25)12-23-18-11-15(3)14(2)10-17(18)21-19(23)13-24/h5-11,24H,4,12-13H2,1-3H3. The summed E-state index contributed by atoms with van der Waals surface area (Å²) in [7, 11) is 0. The number of para-hydroxylation sites is 1. The molecule has 0 aliphatic carbocycles. The molecule has 0 aliphatic heterocycles. The summed E-state index contributed by atoms with van der Waals surface area (Å²) >= 11 is 0. The van der Waals surface area contributed by atoms with Crippen LogP contribution in [0.3, 0.4) is 0 Å². The van der Waals surface area contributed by atoms with Crippen LogP contribution in [0.4, 0.5) is 5.69 Å². The van der Waals surface area contributed by atoms with Gasteiger partial charge in [0.25, 0.3) is 0 Å². The molecule has 25 heavy (non-hydrogen) atoms. The number of anilines is 1. The van der Waals surface area contributed by atoms with E-state index in [-0.39, 0.29) is 19.1 Å². The molecule has 0 aliphatic rings. The first-order valence-corrected chi connectivity index (χ1v) is 8.47. The normalized spacial score (nSPS) is 11.0. The molecule has 1 N–H and O–H groups in total. The summed E-state index contributed by atoms with van der Waals surface area (Å²) in [5.74, 6) is 0.485. The van der Waals surface area contributed by atoms with Crippen LogP contribution >= 0.6 is 0 Å². The Labute approximate surface area is 147 Å². The Kier molecular flexibility index (Phi) is 4.86. The second-order valence-corrected chi connectivity index (χ2v) is 6.17. The molecule has 0 saturated carbocycles.